The summed E-state index contributed by atoms with van der Waals surface area (Å²) in [6.45, 7) is 3.27. The highest BCUT2D eigenvalue weighted by Gasteiger charge is 2.26. The number of nitrogens with one attached hydrogen (secondary N) is 1. The van der Waals surface area contributed by atoms with Crippen LogP contribution in [0.25, 0.3) is 0 Å². The molecule has 1 N–H and O–H groups in total. The number of anilines is 1. The molecule has 6 nitrogen and oxygen atoms in total. The number of hydrogen-bond acceptors (Lipinski definition) is 4. The van der Waals surface area contributed by atoms with E-state index in [2.05, 4.69) is 43.1 Å². The van der Waals surface area contributed by atoms with Gasteiger partial charge in [-0.25, -0.2) is 9.97 Å². The number of carbonyl (C=O) groups excluding carboxylic acids is 1. The summed E-state index contributed by atoms with van der Waals surface area (Å²) in [5.74, 6) is 1.86. The second-order valence-electron chi connectivity index (χ2n) is 6.90. The van der Waals surface area contributed by atoms with E-state index in [0.717, 1.165) is 32.1 Å². The summed E-state index contributed by atoms with van der Waals surface area (Å²) in [5, 5.41) is 3.09. The third kappa shape index (κ3) is 3.58. The Bertz CT molecular complexity index is 694. The molecule has 0 spiro atoms. The summed E-state index contributed by atoms with van der Waals surface area (Å²) in [6, 6.07) is 6.02. The molecule has 2 aromatic heterocycles. The molecule has 2 aliphatic rings. The van der Waals surface area contributed by atoms with Gasteiger partial charge in [-0.05, 0) is 37.0 Å². The highest BCUT2D eigenvalue weighted by Crippen LogP contribution is 2.28. The van der Waals surface area contributed by atoms with Crippen LogP contribution in [0.3, 0.4) is 0 Å². The molecule has 126 valence electrons. The van der Waals surface area contributed by atoms with E-state index in [9.17, 15) is 4.79 Å². The monoisotopic (exact) mass is 325 g/mol. The molecule has 0 radical (unpaired) electrons. The third-order valence-corrected chi connectivity index (χ3v) is 4.80. The van der Waals surface area contributed by atoms with Crippen LogP contribution in [0.2, 0.25) is 0 Å². The Morgan fingerprint density at radius 2 is 2.00 bits per heavy atom. The first kappa shape index (κ1) is 15.2. The normalized spacial score (nSPS) is 20.3. The fraction of sp³-hybridized carbons (Fsp3) is 0.500. The molecule has 6 heteroatoms. The first-order chi connectivity index (χ1) is 11.8. The largest absolute Gasteiger partial charge is 0.356 e. The Morgan fingerprint density at radius 1 is 1.17 bits per heavy atom. The molecule has 24 heavy (non-hydrogen) atoms. The van der Waals surface area contributed by atoms with Gasteiger partial charge in [0.2, 0.25) is 11.9 Å². The zero-order valence-electron chi connectivity index (χ0n) is 13.8. The van der Waals surface area contributed by atoms with Gasteiger partial charge in [-0.3, -0.25) is 4.79 Å². The molecule has 1 fully saturated rings. The van der Waals surface area contributed by atoms with Gasteiger partial charge in [0.05, 0.1) is 6.54 Å². The van der Waals surface area contributed by atoms with E-state index < -0.39 is 0 Å². The van der Waals surface area contributed by atoms with Gasteiger partial charge in [0.1, 0.15) is 0 Å². The maximum atomic E-state index is 12.3. The SMILES string of the molecule is O=C(C[C@@H]1CN(c2ncccn2)Cc2cccn2C1)NCC1CC1. The van der Waals surface area contributed by atoms with Crippen molar-refractivity contribution >= 4 is 11.9 Å². The van der Waals surface area contributed by atoms with E-state index in [0.29, 0.717) is 12.3 Å². The van der Waals surface area contributed by atoms with Gasteiger partial charge in [-0.15, -0.1) is 0 Å². The molecule has 1 aliphatic carbocycles. The lowest BCUT2D eigenvalue weighted by Gasteiger charge is -2.23. The summed E-state index contributed by atoms with van der Waals surface area (Å²) in [5.41, 5.74) is 1.24. The van der Waals surface area contributed by atoms with Gasteiger partial charge in [-0.1, -0.05) is 0 Å². The average molecular weight is 325 g/mol. The van der Waals surface area contributed by atoms with Gasteiger partial charge in [0.15, 0.2) is 0 Å². The molecule has 1 amide bonds. The van der Waals surface area contributed by atoms with Crippen molar-refractivity contribution in [1.29, 1.82) is 0 Å². The van der Waals surface area contributed by atoms with Crippen LogP contribution in [0.15, 0.2) is 36.8 Å². The minimum absolute atomic E-state index is 0.163. The zero-order valence-corrected chi connectivity index (χ0v) is 13.8. The first-order valence-corrected chi connectivity index (χ1v) is 8.70. The van der Waals surface area contributed by atoms with Gasteiger partial charge in [0, 0.05) is 56.3 Å². The predicted molar refractivity (Wildman–Crippen MR) is 91.4 cm³/mol. The third-order valence-electron chi connectivity index (χ3n) is 4.80. The summed E-state index contributed by atoms with van der Waals surface area (Å²) < 4.78 is 2.25. The smallest absolute Gasteiger partial charge is 0.225 e. The molecule has 4 rings (SSSR count). The van der Waals surface area contributed by atoms with Crippen molar-refractivity contribution < 1.29 is 4.79 Å². The predicted octanol–water partition coefficient (Wildman–Crippen LogP) is 1.83. The van der Waals surface area contributed by atoms with Crippen LogP contribution >= 0.6 is 0 Å². The van der Waals surface area contributed by atoms with Gasteiger partial charge in [0.25, 0.3) is 0 Å². The Hall–Kier alpha value is -2.37. The van der Waals surface area contributed by atoms with Crippen molar-refractivity contribution in [1.82, 2.24) is 19.9 Å². The van der Waals surface area contributed by atoms with Crippen molar-refractivity contribution in [2.24, 2.45) is 11.8 Å². The number of hydrogen-bond donors (Lipinski definition) is 1. The van der Waals surface area contributed by atoms with E-state index in [1.807, 2.05) is 6.07 Å². The van der Waals surface area contributed by atoms with Crippen LogP contribution in [0.1, 0.15) is 25.0 Å². The van der Waals surface area contributed by atoms with Crippen LogP contribution in [0.5, 0.6) is 0 Å². The van der Waals surface area contributed by atoms with E-state index in [1.54, 1.807) is 12.4 Å². The van der Waals surface area contributed by atoms with Crippen LogP contribution in [0.4, 0.5) is 5.95 Å². The maximum Gasteiger partial charge on any atom is 0.225 e. The summed E-state index contributed by atoms with van der Waals surface area (Å²) in [7, 11) is 0. The lowest BCUT2D eigenvalue weighted by molar-refractivity contribution is -0.122. The molecular weight excluding hydrogens is 302 g/mol. The number of rotatable bonds is 5. The highest BCUT2D eigenvalue weighted by molar-refractivity contribution is 5.76. The van der Waals surface area contributed by atoms with Crippen molar-refractivity contribution in [3.05, 3.63) is 42.5 Å². The molecule has 1 saturated carbocycles. The van der Waals surface area contributed by atoms with Crippen LogP contribution < -0.4 is 10.2 Å². The maximum absolute atomic E-state index is 12.3. The second kappa shape index (κ2) is 6.63. The lowest BCUT2D eigenvalue weighted by Crippen LogP contribution is -2.34. The van der Waals surface area contributed by atoms with E-state index in [4.69, 9.17) is 0 Å². The number of amides is 1. The molecule has 0 unspecified atom stereocenters. The number of aromatic nitrogens is 3. The Kier molecular flexibility index (Phi) is 4.19. The molecule has 3 heterocycles. The van der Waals surface area contributed by atoms with Crippen molar-refractivity contribution in [3.63, 3.8) is 0 Å². The minimum atomic E-state index is 0.163. The van der Waals surface area contributed by atoms with Gasteiger partial charge >= 0.3 is 0 Å². The average Bonchev–Trinajstić information content (AvgIpc) is 3.36. The topological polar surface area (TPSA) is 63.1 Å². The number of carbonyl (C=O) groups is 1. The van der Waals surface area contributed by atoms with E-state index in [-0.39, 0.29) is 11.8 Å². The van der Waals surface area contributed by atoms with E-state index in [1.165, 1.54) is 18.5 Å². The van der Waals surface area contributed by atoms with Crippen molar-refractivity contribution in [2.45, 2.75) is 32.4 Å². The van der Waals surface area contributed by atoms with Crippen LogP contribution in [-0.2, 0) is 17.9 Å². The molecule has 1 aliphatic heterocycles. The highest BCUT2D eigenvalue weighted by atomic mass is 16.1. The van der Waals surface area contributed by atoms with E-state index >= 15 is 0 Å². The zero-order chi connectivity index (χ0) is 16.4. The standard InChI is InChI=1S/C18H23N5O/c24-17(21-10-14-4-5-14)9-15-11-22-8-1-3-16(22)13-23(12-15)18-19-6-2-7-20-18/h1-3,6-8,14-15H,4-5,9-13H2,(H,21,24)/t15-/m0/s1. The summed E-state index contributed by atoms with van der Waals surface area (Å²) >= 11 is 0. The number of nitrogens with zero attached hydrogens (tertiary/aromatic N) is 4. The van der Waals surface area contributed by atoms with Crippen molar-refractivity contribution in [2.75, 3.05) is 18.0 Å². The summed E-state index contributed by atoms with van der Waals surface area (Å²) in [4.78, 5) is 23.2. The molecule has 2 aromatic rings. The Labute approximate surface area is 141 Å². The first-order valence-electron chi connectivity index (χ1n) is 8.70. The minimum Gasteiger partial charge on any atom is -0.356 e. The Morgan fingerprint density at radius 3 is 2.79 bits per heavy atom. The van der Waals surface area contributed by atoms with Crippen LogP contribution in [0, 0.1) is 11.8 Å². The molecule has 0 bridgehead atoms. The van der Waals surface area contributed by atoms with Crippen molar-refractivity contribution in [3.8, 4) is 0 Å². The lowest BCUT2D eigenvalue weighted by atomic mass is 10.0. The quantitative estimate of drug-likeness (QED) is 0.911. The molecular formula is C18H23N5O. The second-order valence-corrected chi connectivity index (χ2v) is 6.90. The molecule has 0 saturated heterocycles. The van der Waals surface area contributed by atoms with Gasteiger partial charge < -0.3 is 14.8 Å². The fourth-order valence-electron chi connectivity index (χ4n) is 3.33. The van der Waals surface area contributed by atoms with Gasteiger partial charge in [-0.2, -0.15) is 0 Å². The fourth-order valence-corrected chi connectivity index (χ4v) is 3.33. The molecule has 0 aromatic carbocycles. The summed E-state index contributed by atoms with van der Waals surface area (Å²) in [6.07, 6.45) is 8.70. The Balaban J connectivity index is 1.47. The molecule has 1 atom stereocenters. The van der Waals surface area contributed by atoms with Crippen LogP contribution in [-0.4, -0.2) is 33.5 Å². The number of fused-ring (bicyclic) bond motifs is 1.